The third-order valence-corrected chi connectivity index (χ3v) is 4.58. The van der Waals surface area contributed by atoms with Crippen LogP contribution < -0.4 is 5.73 Å². The Labute approximate surface area is 141 Å². The highest BCUT2D eigenvalue weighted by Gasteiger charge is 2.04. The summed E-state index contributed by atoms with van der Waals surface area (Å²) in [6.45, 7) is 9.32. The van der Waals surface area contributed by atoms with Gasteiger partial charge in [0, 0.05) is 0 Å². The van der Waals surface area contributed by atoms with E-state index in [1.165, 1.54) is 110 Å². The minimum absolute atomic E-state index is 0.849. The largest absolute Gasteiger partial charge is 0.330 e. The van der Waals surface area contributed by atoms with Crippen molar-refractivity contribution >= 4 is 0 Å². The molecule has 0 aromatic rings. The topological polar surface area (TPSA) is 29.3 Å². The Hall–Kier alpha value is -0.0800. The van der Waals surface area contributed by atoms with E-state index in [9.17, 15) is 0 Å². The summed E-state index contributed by atoms with van der Waals surface area (Å²) in [6.07, 6.45) is 19.3. The summed E-state index contributed by atoms with van der Waals surface area (Å²) in [4.78, 5) is 2.70. The molecule has 0 aliphatic heterocycles. The second-order valence-electron chi connectivity index (χ2n) is 6.87. The number of rotatable bonds is 18. The number of unbranched alkanes of at least 4 members (excludes halogenated alkanes) is 11. The molecule has 0 aliphatic carbocycles. The Morgan fingerprint density at radius 1 is 0.500 bits per heavy atom. The van der Waals surface area contributed by atoms with Gasteiger partial charge in [0.05, 0.1) is 0 Å². The summed E-state index contributed by atoms with van der Waals surface area (Å²) in [6, 6.07) is 0. The van der Waals surface area contributed by atoms with Crippen LogP contribution in [0.4, 0.5) is 0 Å². The first-order chi connectivity index (χ1) is 10.8. The van der Waals surface area contributed by atoms with Gasteiger partial charge in [-0.1, -0.05) is 78.1 Å². The van der Waals surface area contributed by atoms with Crippen LogP contribution in [0.5, 0.6) is 0 Å². The number of hydrogen-bond acceptors (Lipinski definition) is 2. The first-order valence-electron chi connectivity index (χ1n) is 10.3. The molecular formula is C20H44N2. The van der Waals surface area contributed by atoms with Gasteiger partial charge in [0.1, 0.15) is 0 Å². The molecule has 0 saturated heterocycles. The molecule has 0 bridgehead atoms. The minimum Gasteiger partial charge on any atom is -0.330 e. The Balaban J connectivity index is 3.65. The maximum atomic E-state index is 5.63. The number of nitrogens with two attached hydrogens (primary N) is 1. The first-order valence-corrected chi connectivity index (χ1v) is 10.3. The molecule has 22 heavy (non-hydrogen) atoms. The van der Waals surface area contributed by atoms with Crippen LogP contribution in [0.25, 0.3) is 0 Å². The van der Waals surface area contributed by atoms with Crippen molar-refractivity contribution in [1.82, 2.24) is 4.90 Å². The summed E-state index contributed by atoms with van der Waals surface area (Å²) in [5, 5.41) is 0. The summed E-state index contributed by atoms with van der Waals surface area (Å²) < 4.78 is 0. The maximum absolute atomic E-state index is 5.63. The summed E-state index contributed by atoms with van der Waals surface area (Å²) in [5.74, 6) is 0. The van der Waals surface area contributed by atoms with Crippen LogP contribution in [0, 0.1) is 0 Å². The fourth-order valence-corrected chi connectivity index (χ4v) is 3.05. The highest BCUT2D eigenvalue weighted by atomic mass is 15.1. The van der Waals surface area contributed by atoms with E-state index >= 15 is 0 Å². The third-order valence-electron chi connectivity index (χ3n) is 4.58. The van der Waals surface area contributed by atoms with Gasteiger partial charge in [-0.05, 0) is 51.9 Å². The molecule has 0 aromatic carbocycles. The Kier molecular flexibility index (Phi) is 18.9. The molecule has 2 heteroatoms. The van der Waals surface area contributed by atoms with Gasteiger partial charge in [0.2, 0.25) is 0 Å². The second-order valence-corrected chi connectivity index (χ2v) is 6.87. The van der Waals surface area contributed by atoms with Crippen molar-refractivity contribution in [3.05, 3.63) is 0 Å². The summed E-state index contributed by atoms with van der Waals surface area (Å²) >= 11 is 0. The lowest BCUT2D eigenvalue weighted by Gasteiger charge is -2.22. The normalized spacial score (nSPS) is 11.5. The van der Waals surface area contributed by atoms with Gasteiger partial charge in [0.25, 0.3) is 0 Å². The van der Waals surface area contributed by atoms with Crippen molar-refractivity contribution in [2.45, 2.75) is 104 Å². The molecule has 0 fully saturated rings. The molecule has 0 radical (unpaired) electrons. The molecule has 0 unspecified atom stereocenters. The van der Waals surface area contributed by atoms with Gasteiger partial charge >= 0.3 is 0 Å². The predicted molar refractivity (Wildman–Crippen MR) is 101 cm³/mol. The number of hydrogen-bond donors (Lipinski definition) is 1. The molecule has 134 valence electrons. The van der Waals surface area contributed by atoms with Crippen LogP contribution in [0.2, 0.25) is 0 Å². The maximum Gasteiger partial charge on any atom is -0.00183 e. The number of nitrogens with zero attached hydrogens (tertiary/aromatic N) is 1. The van der Waals surface area contributed by atoms with E-state index in [4.69, 9.17) is 5.73 Å². The Morgan fingerprint density at radius 2 is 0.864 bits per heavy atom. The van der Waals surface area contributed by atoms with Crippen molar-refractivity contribution in [1.29, 1.82) is 0 Å². The van der Waals surface area contributed by atoms with Crippen LogP contribution in [-0.2, 0) is 0 Å². The third kappa shape index (κ3) is 16.3. The van der Waals surface area contributed by atoms with E-state index in [-0.39, 0.29) is 0 Å². The van der Waals surface area contributed by atoms with Crippen LogP contribution in [0.3, 0.4) is 0 Å². The van der Waals surface area contributed by atoms with E-state index in [2.05, 4.69) is 18.7 Å². The molecule has 0 saturated carbocycles. The van der Waals surface area contributed by atoms with Crippen molar-refractivity contribution in [3.8, 4) is 0 Å². The molecule has 0 atom stereocenters. The zero-order chi connectivity index (χ0) is 16.3. The Bertz CT molecular complexity index is 178. The van der Waals surface area contributed by atoms with E-state index in [1.54, 1.807) is 0 Å². The van der Waals surface area contributed by atoms with Gasteiger partial charge < -0.3 is 10.6 Å². The van der Waals surface area contributed by atoms with E-state index in [1.807, 2.05) is 0 Å². The van der Waals surface area contributed by atoms with Crippen LogP contribution >= 0.6 is 0 Å². The monoisotopic (exact) mass is 312 g/mol. The van der Waals surface area contributed by atoms with Crippen molar-refractivity contribution in [3.63, 3.8) is 0 Å². The molecule has 0 aliphatic rings. The standard InChI is InChI=1S/C20H44N2/c1-3-5-7-9-11-14-18-22(20-16-13-17-21)19-15-12-10-8-6-4-2/h3-21H2,1-2H3. The predicted octanol–water partition coefficient (Wildman–Crippen LogP) is 5.75. The van der Waals surface area contributed by atoms with Gasteiger partial charge in [-0.15, -0.1) is 0 Å². The van der Waals surface area contributed by atoms with Gasteiger partial charge in [0.15, 0.2) is 0 Å². The van der Waals surface area contributed by atoms with Crippen LogP contribution in [0.1, 0.15) is 104 Å². The highest BCUT2D eigenvalue weighted by Crippen LogP contribution is 2.09. The molecule has 0 rings (SSSR count). The highest BCUT2D eigenvalue weighted by molar-refractivity contribution is 4.60. The lowest BCUT2D eigenvalue weighted by Crippen LogP contribution is -2.27. The van der Waals surface area contributed by atoms with Gasteiger partial charge in [-0.2, -0.15) is 0 Å². The van der Waals surface area contributed by atoms with Crippen LogP contribution in [-0.4, -0.2) is 31.1 Å². The zero-order valence-corrected chi connectivity index (χ0v) is 15.8. The van der Waals surface area contributed by atoms with E-state index in [0.29, 0.717) is 0 Å². The molecule has 2 nitrogen and oxygen atoms in total. The average Bonchev–Trinajstić information content (AvgIpc) is 2.53. The van der Waals surface area contributed by atoms with Crippen molar-refractivity contribution < 1.29 is 0 Å². The second kappa shape index (κ2) is 19.0. The average molecular weight is 313 g/mol. The lowest BCUT2D eigenvalue weighted by molar-refractivity contribution is 0.255. The molecule has 0 spiro atoms. The Morgan fingerprint density at radius 3 is 1.27 bits per heavy atom. The molecular weight excluding hydrogens is 268 g/mol. The quantitative estimate of drug-likeness (QED) is 0.327. The van der Waals surface area contributed by atoms with Gasteiger partial charge in [-0.25, -0.2) is 0 Å². The molecule has 0 aromatic heterocycles. The van der Waals surface area contributed by atoms with Crippen LogP contribution in [0.15, 0.2) is 0 Å². The SMILES string of the molecule is CCCCCCCCN(CCCCN)CCCCCCCC. The molecule has 0 heterocycles. The van der Waals surface area contributed by atoms with E-state index in [0.717, 1.165) is 6.54 Å². The minimum atomic E-state index is 0.849. The van der Waals surface area contributed by atoms with Gasteiger partial charge in [-0.3, -0.25) is 0 Å². The fraction of sp³-hybridized carbons (Fsp3) is 1.00. The first kappa shape index (κ1) is 21.9. The summed E-state index contributed by atoms with van der Waals surface area (Å²) in [7, 11) is 0. The van der Waals surface area contributed by atoms with E-state index < -0.39 is 0 Å². The molecule has 0 amide bonds. The zero-order valence-electron chi connectivity index (χ0n) is 15.8. The lowest BCUT2D eigenvalue weighted by atomic mass is 10.1. The summed E-state index contributed by atoms with van der Waals surface area (Å²) in [5.41, 5.74) is 5.63. The van der Waals surface area contributed by atoms with Crippen molar-refractivity contribution in [2.75, 3.05) is 26.2 Å². The molecule has 2 N–H and O–H groups in total. The van der Waals surface area contributed by atoms with Crippen molar-refractivity contribution in [2.24, 2.45) is 5.73 Å². The fourth-order valence-electron chi connectivity index (χ4n) is 3.05. The smallest absolute Gasteiger partial charge is 0.00183 e.